The van der Waals surface area contributed by atoms with Gasteiger partial charge in [0.15, 0.2) is 0 Å². The molecule has 0 saturated heterocycles. The normalized spacial score (nSPS) is 11.0. The lowest BCUT2D eigenvalue weighted by atomic mass is 10.1. The summed E-state index contributed by atoms with van der Waals surface area (Å²) >= 11 is 0. The van der Waals surface area contributed by atoms with E-state index in [1.165, 1.54) is 27.7 Å². The summed E-state index contributed by atoms with van der Waals surface area (Å²) in [6.45, 7) is 5.11. The molecule has 0 atom stereocenters. The fourth-order valence-corrected chi connectivity index (χ4v) is 2.09. The molecule has 16 heavy (non-hydrogen) atoms. The van der Waals surface area contributed by atoms with Gasteiger partial charge >= 0.3 is 0 Å². The van der Waals surface area contributed by atoms with E-state index in [1.54, 1.807) is 7.11 Å². The lowest BCUT2D eigenvalue weighted by Gasteiger charge is -2.02. The Morgan fingerprint density at radius 3 is 2.69 bits per heavy atom. The van der Waals surface area contributed by atoms with Gasteiger partial charge in [-0.25, -0.2) is 0 Å². The molecule has 0 fully saturated rings. The number of hydrogen-bond donors (Lipinski definition) is 2. The molecule has 0 aliphatic carbocycles. The Morgan fingerprint density at radius 2 is 2.06 bits per heavy atom. The molecule has 1 aromatic heterocycles. The van der Waals surface area contributed by atoms with Gasteiger partial charge in [0.25, 0.3) is 0 Å². The lowest BCUT2D eigenvalue weighted by Crippen LogP contribution is -2.06. The maximum absolute atomic E-state index is 5.30. The molecule has 86 valence electrons. The van der Waals surface area contributed by atoms with Crippen molar-refractivity contribution in [3.05, 3.63) is 29.0 Å². The van der Waals surface area contributed by atoms with E-state index in [9.17, 15) is 0 Å². The summed E-state index contributed by atoms with van der Waals surface area (Å²) in [5.41, 5.74) is 4.98. The van der Waals surface area contributed by atoms with Gasteiger partial charge in [-0.3, -0.25) is 0 Å². The molecule has 1 heterocycles. The number of aromatic nitrogens is 1. The van der Waals surface area contributed by atoms with Crippen molar-refractivity contribution in [2.75, 3.05) is 14.2 Å². The first-order valence-corrected chi connectivity index (χ1v) is 5.47. The molecule has 1 aromatic carbocycles. The summed E-state index contributed by atoms with van der Waals surface area (Å²) in [6.07, 6.45) is 0. The Labute approximate surface area is 95.8 Å². The van der Waals surface area contributed by atoms with Crippen molar-refractivity contribution < 1.29 is 4.74 Å². The Bertz CT molecular complexity index is 514. The maximum Gasteiger partial charge on any atom is 0.119 e. The first-order chi connectivity index (χ1) is 7.67. The molecule has 2 aromatic rings. The highest BCUT2D eigenvalue weighted by molar-refractivity contribution is 5.88. The minimum absolute atomic E-state index is 0.863. The standard InChI is InChI=1S/C13H18N2O/c1-8-5-10(16-4)6-11-9(2)12(7-14-3)15-13(8)11/h5-6,14-15H,7H2,1-4H3. The van der Waals surface area contributed by atoms with Crippen molar-refractivity contribution in [2.24, 2.45) is 0 Å². The van der Waals surface area contributed by atoms with Crippen LogP contribution in [0.5, 0.6) is 5.75 Å². The number of ether oxygens (including phenoxy) is 1. The largest absolute Gasteiger partial charge is 0.497 e. The minimum atomic E-state index is 0.863. The summed E-state index contributed by atoms with van der Waals surface area (Å²) in [5, 5.41) is 4.42. The molecule has 0 saturated carbocycles. The molecular weight excluding hydrogens is 200 g/mol. The SMILES string of the molecule is CNCc1[nH]c2c(C)cc(OC)cc2c1C. The van der Waals surface area contributed by atoms with E-state index >= 15 is 0 Å². The van der Waals surface area contributed by atoms with Crippen LogP contribution in [-0.2, 0) is 6.54 Å². The van der Waals surface area contributed by atoms with Gasteiger partial charge in [0.1, 0.15) is 5.75 Å². The minimum Gasteiger partial charge on any atom is -0.497 e. The quantitative estimate of drug-likeness (QED) is 0.830. The average Bonchev–Trinajstić information content (AvgIpc) is 2.58. The summed E-state index contributed by atoms with van der Waals surface area (Å²) in [4.78, 5) is 3.47. The van der Waals surface area contributed by atoms with Gasteiger partial charge < -0.3 is 15.0 Å². The zero-order valence-electron chi connectivity index (χ0n) is 10.3. The number of fused-ring (bicyclic) bond motifs is 1. The number of rotatable bonds is 3. The summed E-state index contributed by atoms with van der Waals surface area (Å²) in [5.74, 6) is 0.920. The number of hydrogen-bond acceptors (Lipinski definition) is 2. The van der Waals surface area contributed by atoms with Crippen molar-refractivity contribution in [3.8, 4) is 5.75 Å². The van der Waals surface area contributed by atoms with E-state index in [0.717, 1.165) is 12.3 Å². The van der Waals surface area contributed by atoms with E-state index in [2.05, 4.69) is 36.3 Å². The highest BCUT2D eigenvalue weighted by Crippen LogP contribution is 2.28. The first kappa shape index (κ1) is 11.0. The predicted molar refractivity (Wildman–Crippen MR) is 67.1 cm³/mol. The van der Waals surface area contributed by atoms with Gasteiger partial charge in [0, 0.05) is 23.1 Å². The van der Waals surface area contributed by atoms with Crippen LogP contribution in [0.1, 0.15) is 16.8 Å². The highest BCUT2D eigenvalue weighted by Gasteiger charge is 2.10. The second kappa shape index (κ2) is 4.18. The Hall–Kier alpha value is -1.48. The van der Waals surface area contributed by atoms with Gasteiger partial charge in [-0.15, -0.1) is 0 Å². The summed E-state index contributed by atoms with van der Waals surface area (Å²) in [6, 6.07) is 4.15. The van der Waals surface area contributed by atoms with Crippen molar-refractivity contribution in [1.29, 1.82) is 0 Å². The smallest absolute Gasteiger partial charge is 0.119 e. The van der Waals surface area contributed by atoms with Crippen molar-refractivity contribution in [1.82, 2.24) is 10.3 Å². The van der Waals surface area contributed by atoms with Crippen LogP contribution in [0.4, 0.5) is 0 Å². The third-order valence-electron chi connectivity index (χ3n) is 3.03. The topological polar surface area (TPSA) is 37.0 Å². The third-order valence-corrected chi connectivity index (χ3v) is 3.03. The van der Waals surface area contributed by atoms with Gasteiger partial charge in [-0.05, 0) is 44.2 Å². The van der Waals surface area contributed by atoms with Crippen molar-refractivity contribution in [3.63, 3.8) is 0 Å². The van der Waals surface area contributed by atoms with Crippen molar-refractivity contribution >= 4 is 10.9 Å². The van der Waals surface area contributed by atoms with Crippen LogP contribution in [0.15, 0.2) is 12.1 Å². The number of aryl methyl sites for hydroxylation is 2. The van der Waals surface area contributed by atoms with Crippen LogP contribution < -0.4 is 10.1 Å². The molecule has 0 aliphatic heterocycles. The molecule has 0 bridgehead atoms. The second-order valence-electron chi connectivity index (χ2n) is 4.13. The molecule has 2 rings (SSSR count). The molecule has 0 amide bonds. The monoisotopic (exact) mass is 218 g/mol. The fraction of sp³-hybridized carbons (Fsp3) is 0.385. The van der Waals surface area contributed by atoms with E-state index < -0.39 is 0 Å². The molecule has 0 unspecified atom stereocenters. The van der Waals surface area contributed by atoms with Gasteiger partial charge in [-0.2, -0.15) is 0 Å². The van der Waals surface area contributed by atoms with E-state index in [1.807, 2.05) is 7.05 Å². The number of benzene rings is 1. The number of H-pyrrole nitrogens is 1. The zero-order valence-corrected chi connectivity index (χ0v) is 10.3. The average molecular weight is 218 g/mol. The van der Waals surface area contributed by atoms with Crippen molar-refractivity contribution in [2.45, 2.75) is 20.4 Å². The Morgan fingerprint density at radius 1 is 1.31 bits per heavy atom. The van der Waals surface area contributed by atoms with E-state index in [-0.39, 0.29) is 0 Å². The highest BCUT2D eigenvalue weighted by atomic mass is 16.5. The number of aromatic amines is 1. The molecule has 3 nitrogen and oxygen atoms in total. The lowest BCUT2D eigenvalue weighted by molar-refractivity contribution is 0.415. The van der Waals surface area contributed by atoms with E-state index in [4.69, 9.17) is 4.74 Å². The summed E-state index contributed by atoms with van der Waals surface area (Å²) in [7, 11) is 3.66. The maximum atomic E-state index is 5.30. The van der Waals surface area contributed by atoms with E-state index in [0.29, 0.717) is 0 Å². The van der Waals surface area contributed by atoms with Gasteiger partial charge in [0.2, 0.25) is 0 Å². The van der Waals surface area contributed by atoms with Gasteiger partial charge in [0.05, 0.1) is 7.11 Å². The summed E-state index contributed by atoms with van der Waals surface area (Å²) < 4.78 is 5.30. The van der Waals surface area contributed by atoms with Crippen LogP contribution in [0.25, 0.3) is 10.9 Å². The third kappa shape index (κ3) is 1.67. The molecular formula is C13H18N2O. The molecule has 0 spiro atoms. The van der Waals surface area contributed by atoms with Crippen LogP contribution in [-0.4, -0.2) is 19.1 Å². The van der Waals surface area contributed by atoms with Gasteiger partial charge in [-0.1, -0.05) is 0 Å². The second-order valence-corrected chi connectivity index (χ2v) is 4.13. The van der Waals surface area contributed by atoms with Crippen LogP contribution in [0.2, 0.25) is 0 Å². The molecule has 0 aliphatic rings. The molecule has 2 N–H and O–H groups in total. The molecule has 3 heteroatoms. The van der Waals surface area contributed by atoms with Crippen LogP contribution in [0, 0.1) is 13.8 Å². The number of nitrogens with one attached hydrogen (secondary N) is 2. The Kier molecular flexibility index (Phi) is 2.88. The number of methoxy groups -OCH3 is 1. The fourth-order valence-electron chi connectivity index (χ4n) is 2.09. The van der Waals surface area contributed by atoms with Crippen LogP contribution in [0.3, 0.4) is 0 Å². The zero-order chi connectivity index (χ0) is 11.7. The first-order valence-electron chi connectivity index (χ1n) is 5.47. The van der Waals surface area contributed by atoms with Crippen LogP contribution >= 0.6 is 0 Å². The predicted octanol–water partition coefficient (Wildman–Crippen LogP) is 2.51. The molecule has 0 radical (unpaired) electrons. The Balaban J connectivity index is 2.66.